The number of rotatable bonds is 5. The Morgan fingerprint density at radius 3 is 2.64 bits per heavy atom. The Hall–Kier alpha value is -3.03. The molecule has 8 nitrogen and oxygen atoms in total. The number of hydrogen-bond donors (Lipinski definition) is 0. The van der Waals surface area contributed by atoms with E-state index in [4.69, 9.17) is 4.98 Å². The van der Waals surface area contributed by atoms with Gasteiger partial charge in [-0.05, 0) is 37.0 Å². The first kappa shape index (κ1) is 18.3. The Kier molecular flexibility index (Phi) is 5.18. The standard InChI is InChI=1S/C20H25N7O/c1-15(2)20-21-10-6-17(23-20)25-12-7-16(8-13-25)14-27-19(28)5-4-18(24-27)26-11-3-9-22-26/h3-6,9-11,15-16H,7-8,12-14H2,1-2H3. The van der Waals surface area contributed by atoms with E-state index in [0.717, 1.165) is 37.6 Å². The Bertz CT molecular complexity index is 972. The first-order valence-corrected chi connectivity index (χ1v) is 9.76. The van der Waals surface area contributed by atoms with Gasteiger partial charge in [-0.3, -0.25) is 4.79 Å². The summed E-state index contributed by atoms with van der Waals surface area (Å²) in [5.41, 5.74) is -0.0734. The van der Waals surface area contributed by atoms with Crippen molar-refractivity contribution in [2.75, 3.05) is 18.0 Å². The second-order valence-electron chi connectivity index (χ2n) is 7.52. The van der Waals surface area contributed by atoms with Crippen LogP contribution in [0.15, 0.2) is 47.7 Å². The van der Waals surface area contributed by atoms with Crippen molar-refractivity contribution in [3.05, 3.63) is 59.0 Å². The fraction of sp³-hybridized carbons (Fsp3) is 0.450. The largest absolute Gasteiger partial charge is 0.356 e. The maximum absolute atomic E-state index is 12.2. The van der Waals surface area contributed by atoms with E-state index < -0.39 is 0 Å². The normalized spacial score (nSPS) is 15.3. The molecule has 0 unspecified atom stereocenters. The Morgan fingerprint density at radius 1 is 1.11 bits per heavy atom. The molecule has 0 aliphatic carbocycles. The van der Waals surface area contributed by atoms with Gasteiger partial charge in [0.25, 0.3) is 5.56 Å². The molecule has 4 rings (SSSR count). The van der Waals surface area contributed by atoms with Gasteiger partial charge in [-0.15, -0.1) is 5.10 Å². The number of hydrogen-bond acceptors (Lipinski definition) is 6. The molecular weight excluding hydrogens is 354 g/mol. The highest BCUT2D eigenvalue weighted by molar-refractivity contribution is 5.38. The van der Waals surface area contributed by atoms with Crippen molar-refractivity contribution >= 4 is 5.82 Å². The molecule has 0 atom stereocenters. The van der Waals surface area contributed by atoms with Crippen molar-refractivity contribution in [1.82, 2.24) is 29.5 Å². The molecule has 8 heteroatoms. The number of anilines is 1. The molecule has 1 aliphatic rings. The van der Waals surface area contributed by atoms with Gasteiger partial charge >= 0.3 is 0 Å². The minimum atomic E-state index is -0.0734. The molecule has 0 amide bonds. The highest BCUT2D eigenvalue weighted by atomic mass is 16.1. The predicted molar refractivity (Wildman–Crippen MR) is 107 cm³/mol. The smallest absolute Gasteiger partial charge is 0.266 e. The SMILES string of the molecule is CC(C)c1nccc(N2CCC(Cn3nc(-n4cccn4)ccc3=O)CC2)n1. The van der Waals surface area contributed by atoms with E-state index in [1.54, 1.807) is 27.7 Å². The third kappa shape index (κ3) is 3.95. The van der Waals surface area contributed by atoms with Crippen LogP contribution in [0.2, 0.25) is 0 Å². The summed E-state index contributed by atoms with van der Waals surface area (Å²) in [6, 6.07) is 7.08. The molecule has 0 aromatic carbocycles. The lowest BCUT2D eigenvalue weighted by molar-refractivity contribution is 0.333. The molecule has 1 saturated heterocycles. The molecule has 0 bridgehead atoms. The first-order valence-electron chi connectivity index (χ1n) is 9.76. The zero-order chi connectivity index (χ0) is 19.5. The van der Waals surface area contributed by atoms with Gasteiger partial charge in [0, 0.05) is 50.2 Å². The van der Waals surface area contributed by atoms with E-state index >= 15 is 0 Å². The summed E-state index contributed by atoms with van der Waals surface area (Å²) in [6.45, 7) is 6.68. The molecule has 3 aromatic heterocycles. The average Bonchev–Trinajstić information content (AvgIpc) is 3.25. The first-order chi connectivity index (χ1) is 13.6. The Morgan fingerprint density at radius 2 is 1.93 bits per heavy atom. The number of nitrogens with zero attached hydrogens (tertiary/aromatic N) is 7. The third-order valence-corrected chi connectivity index (χ3v) is 5.14. The van der Waals surface area contributed by atoms with Crippen LogP contribution in [0.1, 0.15) is 38.4 Å². The molecule has 1 aliphatic heterocycles. The van der Waals surface area contributed by atoms with Gasteiger partial charge in [-0.1, -0.05) is 13.8 Å². The van der Waals surface area contributed by atoms with Crippen LogP contribution >= 0.6 is 0 Å². The molecule has 0 spiro atoms. The van der Waals surface area contributed by atoms with E-state index in [0.29, 0.717) is 24.2 Å². The van der Waals surface area contributed by atoms with Crippen LogP contribution in [-0.2, 0) is 6.54 Å². The van der Waals surface area contributed by atoms with Gasteiger partial charge in [0.15, 0.2) is 5.82 Å². The van der Waals surface area contributed by atoms with Crippen LogP contribution in [0.5, 0.6) is 0 Å². The van der Waals surface area contributed by atoms with Crippen molar-refractivity contribution in [1.29, 1.82) is 0 Å². The van der Waals surface area contributed by atoms with Crippen LogP contribution in [0.3, 0.4) is 0 Å². The van der Waals surface area contributed by atoms with Gasteiger partial charge in [-0.2, -0.15) is 5.10 Å². The monoisotopic (exact) mass is 379 g/mol. The molecule has 28 heavy (non-hydrogen) atoms. The lowest BCUT2D eigenvalue weighted by Gasteiger charge is -2.33. The van der Waals surface area contributed by atoms with Gasteiger partial charge < -0.3 is 4.90 Å². The fourth-order valence-corrected chi connectivity index (χ4v) is 3.50. The second-order valence-corrected chi connectivity index (χ2v) is 7.52. The lowest BCUT2D eigenvalue weighted by Crippen LogP contribution is -2.37. The summed E-state index contributed by atoms with van der Waals surface area (Å²) in [6.07, 6.45) is 7.36. The average molecular weight is 379 g/mol. The topological polar surface area (TPSA) is 81.7 Å². The lowest BCUT2D eigenvalue weighted by atomic mass is 9.97. The summed E-state index contributed by atoms with van der Waals surface area (Å²) < 4.78 is 3.23. The zero-order valence-corrected chi connectivity index (χ0v) is 16.3. The van der Waals surface area contributed by atoms with Crippen molar-refractivity contribution in [2.45, 2.75) is 39.2 Å². The Balaban J connectivity index is 1.42. The van der Waals surface area contributed by atoms with E-state index in [2.05, 4.69) is 33.9 Å². The maximum atomic E-state index is 12.2. The maximum Gasteiger partial charge on any atom is 0.266 e. The fourth-order valence-electron chi connectivity index (χ4n) is 3.50. The Labute approximate surface area is 163 Å². The highest BCUT2D eigenvalue weighted by Gasteiger charge is 2.22. The van der Waals surface area contributed by atoms with Gasteiger partial charge in [0.2, 0.25) is 0 Å². The zero-order valence-electron chi connectivity index (χ0n) is 16.3. The molecule has 4 heterocycles. The summed E-state index contributed by atoms with van der Waals surface area (Å²) in [4.78, 5) is 23.6. The van der Waals surface area contributed by atoms with Crippen molar-refractivity contribution < 1.29 is 0 Å². The van der Waals surface area contributed by atoms with Gasteiger partial charge in [-0.25, -0.2) is 19.3 Å². The van der Waals surface area contributed by atoms with Gasteiger partial charge in [0.1, 0.15) is 11.6 Å². The van der Waals surface area contributed by atoms with Crippen molar-refractivity contribution in [2.24, 2.45) is 5.92 Å². The molecule has 1 fully saturated rings. The highest BCUT2D eigenvalue weighted by Crippen LogP contribution is 2.23. The summed E-state index contributed by atoms with van der Waals surface area (Å²) >= 11 is 0. The van der Waals surface area contributed by atoms with Crippen molar-refractivity contribution in [3.63, 3.8) is 0 Å². The van der Waals surface area contributed by atoms with E-state index in [-0.39, 0.29) is 5.56 Å². The number of aromatic nitrogens is 6. The second kappa shape index (κ2) is 7.92. The number of piperidine rings is 1. The summed E-state index contributed by atoms with van der Waals surface area (Å²) in [7, 11) is 0. The molecular formula is C20H25N7O. The predicted octanol–water partition coefficient (Wildman–Crippen LogP) is 2.26. The minimum absolute atomic E-state index is 0.0734. The van der Waals surface area contributed by atoms with Crippen LogP contribution in [-0.4, -0.2) is 42.6 Å². The molecule has 3 aromatic rings. The van der Waals surface area contributed by atoms with E-state index in [1.165, 1.54) is 0 Å². The third-order valence-electron chi connectivity index (χ3n) is 5.14. The van der Waals surface area contributed by atoms with Crippen LogP contribution in [0, 0.1) is 5.92 Å². The summed E-state index contributed by atoms with van der Waals surface area (Å²) in [5, 5.41) is 8.67. The van der Waals surface area contributed by atoms with Crippen LogP contribution in [0.25, 0.3) is 5.82 Å². The van der Waals surface area contributed by atoms with Gasteiger partial charge in [0.05, 0.1) is 0 Å². The molecule has 0 radical (unpaired) electrons. The molecule has 0 N–H and O–H groups in total. The summed E-state index contributed by atoms with van der Waals surface area (Å²) in [5.74, 6) is 3.27. The van der Waals surface area contributed by atoms with Crippen LogP contribution in [0.4, 0.5) is 5.82 Å². The molecule has 0 saturated carbocycles. The van der Waals surface area contributed by atoms with E-state index in [1.807, 2.05) is 24.5 Å². The van der Waals surface area contributed by atoms with Crippen molar-refractivity contribution in [3.8, 4) is 5.82 Å². The van der Waals surface area contributed by atoms with Crippen LogP contribution < -0.4 is 10.5 Å². The molecule has 146 valence electrons. The minimum Gasteiger partial charge on any atom is -0.356 e. The quantitative estimate of drug-likeness (QED) is 0.676. The van der Waals surface area contributed by atoms with E-state index in [9.17, 15) is 4.79 Å².